The van der Waals surface area contributed by atoms with Gasteiger partial charge in [0, 0.05) is 11.3 Å². The van der Waals surface area contributed by atoms with E-state index in [1.165, 1.54) is 55.6 Å². The number of nitrogens with two attached hydrogens (primary N) is 1. The molecule has 0 amide bonds. The molecule has 186 valence electrons. The molecule has 0 aromatic heterocycles. The van der Waals surface area contributed by atoms with Crippen molar-refractivity contribution in [3.05, 3.63) is 184 Å². The van der Waals surface area contributed by atoms with E-state index in [0.29, 0.717) is 0 Å². The van der Waals surface area contributed by atoms with Crippen molar-refractivity contribution in [3.8, 4) is 11.1 Å². The van der Waals surface area contributed by atoms with E-state index in [4.69, 9.17) is 5.73 Å². The van der Waals surface area contributed by atoms with Crippen molar-refractivity contribution in [2.45, 2.75) is 23.7 Å². The van der Waals surface area contributed by atoms with E-state index in [9.17, 15) is 0 Å². The van der Waals surface area contributed by atoms with Crippen molar-refractivity contribution in [2.75, 3.05) is 5.73 Å². The fraction of sp³-hybridized carbons (Fsp3) is 0.105. The fourth-order valence-corrected chi connectivity index (χ4v) is 7.95. The van der Waals surface area contributed by atoms with Gasteiger partial charge in [0.05, 0.1) is 10.8 Å². The Morgan fingerprint density at radius 3 is 1.72 bits per heavy atom. The zero-order chi connectivity index (χ0) is 26.0. The quantitative estimate of drug-likeness (QED) is 0.237. The van der Waals surface area contributed by atoms with Gasteiger partial charge in [-0.25, -0.2) is 0 Å². The standard InChI is InChI=1S/C38H29N/c39-35-25-13-24-34-36(35)28-18-7-8-19-29(28)38(34)32-22-11-9-20-30(32)37(26-14-3-1-4-15-26,27-16-5-2-6-17-27)31-21-10-12-23-33(31)38/h1-5,7-16,18-25H,6,17,39H2. The Labute approximate surface area is 230 Å². The van der Waals surface area contributed by atoms with E-state index in [1.54, 1.807) is 0 Å². The summed E-state index contributed by atoms with van der Waals surface area (Å²) in [7, 11) is 0. The fourth-order valence-electron chi connectivity index (χ4n) is 7.95. The molecule has 3 aliphatic rings. The Morgan fingerprint density at radius 1 is 0.513 bits per heavy atom. The highest BCUT2D eigenvalue weighted by Crippen LogP contribution is 2.65. The minimum Gasteiger partial charge on any atom is -0.398 e. The topological polar surface area (TPSA) is 26.0 Å². The van der Waals surface area contributed by atoms with Crippen molar-refractivity contribution in [3.63, 3.8) is 0 Å². The minimum atomic E-state index is -0.447. The first kappa shape index (κ1) is 22.4. The lowest BCUT2D eigenvalue weighted by atomic mass is 9.50. The van der Waals surface area contributed by atoms with Gasteiger partial charge in [-0.2, -0.15) is 0 Å². The number of allylic oxidation sites excluding steroid dienone is 4. The summed E-state index contributed by atoms with van der Waals surface area (Å²) in [6.07, 6.45) is 8.99. The predicted molar refractivity (Wildman–Crippen MR) is 161 cm³/mol. The molecule has 0 heterocycles. The largest absolute Gasteiger partial charge is 0.398 e. The summed E-state index contributed by atoms with van der Waals surface area (Å²) in [4.78, 5) is 0. The molecule has 39 heavy (non-hydrogen) atoms. The van der Waals surface area contributed by atoms with E-state index < -0.39 is 5.41 Å². The second-order valence-corrected chi connectivity index (χ2v) is 10.9. The van der Waals surface area contributed by atoms with Crippen LogP contribution in [0.3, 0.4) is 0 Å². The molecular formula is C38H29N. The summed E-state index contributed by atoms with van der Waals surface area (Å²) in [5.41, 5.74) is 20.0. The molecule has 1 heteroatoms. The molecule has 8 rings (SSSR count). The number of rotatable bonds is 2. The van der Waals surface area contributed by atoms with E-state index in [2.05, 4.69) is 133 Å². The Hall–Kier alpha value is -4.62. The minimum absolute atomic E-state index is 0.386. The molecule has 0 fully saturated rings. The molecule has 5 aromatic carbocycles. The van der Waals surface area contributed by atoms with Crippen LogP contribution < -0.4 is 5.73 Å². The first-order chi connectivity index (χ1) is 19.3. The van der Waals surface area contributed by atoms with Crippen molar-refractivity contribution >= 4 is 5.69 Å². The number of hydrogen-bond donors (Lipinski definition) is 1. The number of benzene rings is 5. The highest BCUT2D eigenvalue weighted by Gasteiger charge is 2.57. The molecule has 3 aliphatic carbocycles. The summed E-state index contributed by atoms with van der Waals surface area (Å²) in [5, 5.41) is 0. The van der Waals surface area contributed by atoms with Crippen LogP contribution in [0.1, 0.15) is 51.8 Å². The lowest BCUT2D eigenvalue weighted by Crippen LogP contribution is -2.45. The zero-order valence-corrected chi connectivity index (χ0v) is 21.8. The highest BCUT2D eigenvalue weighted by atomic mass is 14.6. The van der Waals surface area contributed by atoms with E-state index in [-0.39, 0.29) is 5.41 Å². The van der Waals surface area contributed by atoms with Crippen LogP contribution in [0.2, 0.25) is 0 Å². The van der Waals surface area contributed by atoms with Crippen molar-refractivity contribution in [1.29, 1.82) is 0 Å². The molecule has 0 bridgehead atoms. The van der Waals surface area contributed by atoms with Crippen LogP contribution in [-0.2, 0) is 10.8 Å². The predicted octanol–water partition coefficient (Wildman–Crippen LogP) is 8.56. The van der Waals surface area contributed by atoms with Crippen LogP contribution >= 0.6 is 0 Å². The van der Waals surface area contributed by atoms with Crippen molar-refractivity contribution in [1.82, 2.24) is 0 Å². The average Bonchev–Trinajstić information content (AvgIpc) is 3.31. The highest BCUT2D eigenvalue weighted by molar-refractivity contribution is 5.94. The van der Waals surface area contributed by atoms with Crippen molar-refractivity contribution in [2.24, 2.45) is 0 Å². The maximum atomic E-state index is 6.76. The van der Waals surface area contributed by atoms with Crippen LogP contribution in [-0.4, -0.2) is 0 Å². The third-order valence-electron chi connectivity index (χ3n) is 9.27. The number of hydrogen-bond acceptors (Lipinski definition) is 1. The van der Waals surface area contributed by atoms with Gasteiger partial charge in [-0.3, -0.25) is 0 Å². The number of fused-ring (bicyclic) bond motifs is 9. The van der Waals surface area contributed by atoms with Gasteiger partial charge >= 0.3 is 0 Å². The molecule has 0 saturated heterocycles. The lowest BCUT2D eigenvalue weighted by molar-refractivity contribution is 0.595. The monoisotopic (exact) mass is 499 g/mol. The average molecular weight is 500 g/mol. The summed E-state index contributed by atoms with van der Waals surface area (Å²) in [6.45, 7) is 0. The molecule has 2 N–H and O–H groups in total. The van der Waals surface area contributed by atoms with Gasteiger partial charge in [-0.15, -0.1) is 0 Å². The molecule has 0 atom stereocenters. The maximum Gasteiger partial charge on any atom is 0.0720 e. The van der Waals surface area contributed by atoms with Gasteiger partial charge in [0.15, 0.2) is 0 Å². The molecule has 1 spiro atoms. The molecule has 0 radical (unpaired) electrons. The molecule has 0 unspecified atom stereocenters. The molecule has 0 aliphatic heterocycles. The molecule has 1 nitrogen and oxygen atoms in total. The Bertz CT molecular complexity index is 1770. The maximum absolute atomic E-state index is 6.76. The lowest BCUT2D eigenvalue weighted by Gasteiger charge is -2.51. The SMILES string of the molecule is Nc1cccc2c1-c1ccccc1C21c2ccccc2C(C2=CC=CCC2)(c2ccccc2)c2ccccc21. The smallest absolute Gasteiger partial charge is 0.0720 e. The van der Waals surface area contributed by atoms with E-state index in [1.807, 2.05) is 6.07 Å². The van der Waals surface area contributed by atoms with E-state index in [0.717, 1.165) is 18.5 Å². The van der Waals surface area contributed by atoms with Gasteiger partial charge in [-0.05, 0) is 63.4 Å². The Balaban J connectivity index is 1.61. The molecule has 0 saturated carbocycles. The second-order valence-electron chi connectivity index (χ2n) is 10.9. The number of nitrogen functional groups attached to an aromatic ring is 1. The van der Waals surface area contributed by atoms with Crippen LogP contribution in [0.4, 0.5) is 5.69 Å². The molecular weight excluding hydrogens is 470 g/mol. The summed E-state index contributed by atoms with van der Waals surface area (Å²) < 4.78 is 0. The van der Waals surface area contributed by atoms with Crippen LogP contribution in [0.25, 0.3) is 11.1 Å². The summed E-state index contributed by atoms with van der Waals surface area (Å²) in [5.74, 6) is 0. The van der Waals surface area contributed by atoms with Gasteiger partial charge in [0.1, 0.15) is 0 Å². The molecule has 5 aromatic rings. The Kier molecular flexibility index (Phi) is 4.70. The first-order valence-corrected chi connectivity index (χ1v) is 13.9. The van der Waals surface area contributed by atoms with Crippen molar-refractivity contribution < 1.29 is 0 Å². The van der Waals surface area contributed by atoms with Crippen LogP contribution in [0, 0.1) is 0 Å². The normalized spacial score (nSPS) is 22.0. The first-order valence-electron chi connectivity index (χ1n) is 13.9. The third-order valence-corrected chi connectivity index (χ3v) is 9.27. The second kappa shape index (κ2) is 8.19. The van der Waals surface area contributed by atoms with Gasteiger partial charge in [0.2, 0.25) is 0 Å². The van der Waals surface area contributed by atoms with Gasteiger partial charge in [0.25, 0.3) is 0 Å². The number of anilines is 1. The summed E-state index contributed by atoms with van der Waals surface area (Å²) >= 11 is 0. The van der Waals surface area contributed by atoms with E-state index >= 15 is 0 Å². The van der Waals surface area contributed by atoms with Gasteiger partial charge in [-0.1, -0.05) is 139 Å². The van der Waals surface area contributed by atoms with Crippen LogP contribution in [0.5, 0.6) is 0 Å². The zero-order valence-electron chi connectivity index (χ0n) is 21.8. The van der Waals surface area contributed by atoms with Gasteiger partial charge < -0.3 is 5.73 Å². The Morgan fingerprint density at radius 2 is 1.08 bits per heavy atom. The van der Waals surface area contributed by atoms with Crippen LogP contribution in [0.15, 0.2) is 145 Å². The third kappa shape index (κ3) is 2.70. The summed E-state index contributed by atoms with van der Waals surface area (Å²) in [6, 6.07) is 44.9.